The molecule has 0 saturated heterocycles. The molecule has 1 atom stereocenters. The molecule has 0 spiro atoms. The predicted molar refractivity (Wildman–Crippen MR) is 60.5 cm³/mol. The van der Waals surface area contributed by atoms with E-state index in [-0.39, 0.29) is 24.0 Å². The average molecular weight is 230 g/mol. The Hall–Kier alpha value is -0.650. The third-order valence-electron chi connectivity index (χ3n) is 3.01. The molecule has 3 N–H and O–H groups in total. The van der Waals surface area contributed by atoms with Crippen molar-refractivity contribution in [1.29, 1.82) is 0 Å². The van der Waals surface area contributed by atoms with Crippen molar-refractivity contribution in [2.45, 2.75) is 44.8 Å². The first-order chi connectivity index (χ1) is 7.67. The number of nitrogens with one attached hydrogen (secondary N) is 1. The van der Waals surface area contributed by atoms with Gasteiger partial charge in [-0.15, -0.1) is 0 Å². The highest BCUT2D eigenvalue weighted by Crippen LogP contribution is 2.26. The average Bonchev–Trinajstić information content (AvgIpc) is 2.29. The van der Waals surface area contributed by atoms with Gasteiger partial charge in [0.05, 0.1) is 18.8 Å². The van der Waals surface area contributed by atoms with Crippen LogP contribution >= 0.6 is 0 Å². The fourth-order valence-electron chi connectivity index (χ4n) is 2.18. The molecule has 0 radical (unpaired) electrons. The number of amides is 1. The first-order valence-electron chi connectivity index (χ1n) is 5.82. The van der Waals surface area contributed by atoms with Crippen LogP contribution in [-0.4, -0.2) is 31.8 Å². The maximum Gasteiger partial charge on any atom is 0.236 e. The second kappa shape index (κ2) is 6.83. The van der Waals surface area contributed by atoms with E-state index in [1.165, 1.54) is 0 Å². The highest BCUT2D eigenvalue weighted by molar-refractivity contribution is 5.77. The number of rotatable bonds is 5. The van der Waals surface area contributed by atoms with Crippen LogP contribution in [0.1, 0.15) is 32.6 Å². The number of ether oxygens (including phenoxy) is 2. The summed E-state index contributed by atoms with van der Waals surface area (Å²) >= 11 is 0. The van der Waals surface area contributed by atoms with E-state index in [1.807, 2.05) is 6.92 Å². The molecule has 0 aliphatic heterocycles. The minimum atomic E-state index is -0.0524. The number of hydrogen-bond donors (Lipinski definition) is 2. The van der Waals surface area contributed by atoms with E-state index < -0.39 is 0 Å². The molecule has 0 aromatic rings. The quantitative estimate of drug-likeness (QED) is 0.412. The summed E-state index contributed by atoms with van der Waals surface area (Å²) in [6, 6.07) is 0. The molecule has 0 aromatic carbocycles. The van der Waals surface area contributed by atoms with Gasteiger partial charge in [-0.2, -0.15) is 0 Å². The standard InChI is InChI=1S/C11H22N2O3/c1-8(7-15-2)16-10-5-3-9(4-6-10)11(14)13-12/h8-10H,3-7,12H2,1-2H3,(H,13,14). The smallest absolute Gasteiger partial charge is 0.236 e. The monoisotopic (exact) mass is 230 g/mol. The summed E-state index contributed by atoms with van der Waals surface area (Å²) in [7, 11) is 1.67. The van der Waals surface area contributed by atoms with Crippen molar-refractivity contribution >= 4 is 5.91 Å². The van der Waals surface area contributed by atoms with Gasteiger partial charge >= 0.3 is 0 Å². The number of methoxy groups -OCH3 is 1. The van der Waals surface area contributed by atoms with Gasteiger partial charge in [-0.05, 0) is 32.6 Å². The van der Waals surface area contributed by atoms with Gasteiger partial charge in [-0.3, -0.25) is 10.2 Å². The fourth-order valence-corrected chi connectivity index (χ4v) is 2.18. The Kier molecular flexibility index (Phi) is 5.73. The zero-order valence-electron chi connectivity index (χ0n) is 10.1. The van der Waals surface area contributed by atoms with Crippen LogP contribution in [0.2, 0.25) is 0 Å². The van der Waals surface area contributed by atoms with E-state index in [4.69, 9.17) is 15.3 Å². The molecule has 16 heavy (non-hydrogen) atoms. The minimum absolute atomic E-state index is 0.0524. The van der Waals surface area contributed by atoms with E-state index >= 15 is 0 Å². The van der Waals surface area contributed by atoms with Gasteiger partial charge in [0, 0.05) is 13.0 Å². The molecule has 0 heterocycles. The SMILES string of the molecule is COCC(C)OC1CCC(C(=O)NN)CC1. The lowest BCUT2D eigenvalue weighted by Gasteiger charge is -2.29. The molecular weight excluding hydrogens is 208 g/mol. The molecular formula is C11H22N2O3. The summed E-state index contributed by atoms with van der Waals surface area (Å²) in [6.45, 7) is 2.62. The summed E-state index contributed by atoms with van der Waals surface area (Å²) in [5.41, 5.74) is 2.21. The summed E-state index contributed by atoms with van der Waals surface area (Å²) in [5, 5.41) is 0. The van der Waals surface area contributed by atoms with Crippen molar-refractivity contribution in [2.75, 3.05) is 13.7 Å². The normalized spacial score (nSPS) is 27.4. The second-order valence-electron chi connectivity index (χ2n) is 4.38. The molecule has 5 nitrogen and oxygen atoms in total. The van der Waals surface area contributed by atoms with Gasteiger partial charge in [-0.25, -0.2) is 5.84 Å². The van der Waals surface area contributed by atoms with Crippen LogP contribution < -0.4 is 11.3 Å². The number of nitrogens with two attached hydrogens (primary N) is 1. The zero-order valence-corrected chi connectivity index (χ0v) is 10.1. The predicted octanol–water partition coefficient (Wildman–Crippen LogP) is 0.587. The Morgan fingerprint density at radius 1 is 1.44 bits per heavy atom. The van der Waals surface area contributed by atoms with Crippen LogP contribution in [0.15, 0.2) is 0 Å². The van der Waals surface area contributed by atoms with Crippen molar-refractivity contribution in [3.8, 4) is 0 Å². The molecule has 5 heteroatoms. The number of hydrazine groups is 1. The van der Waals surface area contributed by atoms with Crippen LogP contribution in [-0.2, 0) is 14.3 Å². The van der Waals surface area contributed by atoms with Gasteiger partial charge in [-0.1, -0.05) is 0 Å². The van der Waals surface area contributed by atoms with Crippen LogP contribution in [0.4, 0.5) is 0 Å². The minimum Gasteiger partial charge on any atom is -0.382 e. The first-order valence-corrected chi connectivity index (χ1v) is 5.82. The molecule has 1 saturated carbocycles. The molecule has 1 aliphatic carbocycles. The maximum atomic E-state index is 11.3. The summed E-state index contributed by atoms with van der Waals surface area (Å²) in [5.74, 6) is 5.12. The molecule has 0 bridgehead atoms. The van der Waals surface area contributed by atoms with Crippen molar-refractivity contribution < 1.29 is 14.3 Å². The van der Waals surface area contributed by atoms with Crippen molar-refractivity contribution in [3.63, 3.8) is 0 Å². The van der Waals surface area contributed by atoms with Crippen molar-refractivity contribution in [2.24, 2.45) is 11.8 Å². The second-order valence-corrected chi connectivity index (χ2v) is 4.38. The fraction of sp³-hybridized carbons (Fsp3) is 0.909. The Morgan fingerprint density at radius 2 is 2.06 bits per heavy atom. The molecule has 1 amide bonds. The molecule has 1 unspecified atom stereocenters. The molecule has 1 rings (SSSR count). The van der Waals surface area contributed by atoms with Gasteiger partial charge in [0.15, 0.2) is 0 Å². The number of carbonyl (C=O) groups excluding carboxylic acids is 1. The Morgan fingerprint density at radius 3 is 2.56 bits per heavy atom. The molecule has 1 aliphatic rings. The van der Waals surface area contributed by atoms with Gasteiger partial charge in [0.25, 0.3) is 0 Å². The lowest BCUT2D eigenvalue weighted by Crippen LogP contribution is -2.39. The van der Waals surface area contributed by atoms with E-state index in [0.717, 1.165) is 25.7 Å². The van der Waals surface area contributed by atoms with Crippen molar-refractivity contribution in [3.05, 3.63) is 0 Å². The zero-order chi connectivity index (χ0) is 12.0. The topological polar surface area (TPSA) is 73.6 Å². The largest absolute Gasteiger partial charge is 0.382 e. The first kappa shape index (κ1) is 13.4. The molecule has 94 valence electrons. The van der Waals surface area contributed by atoms with E-state index in [1.54, 1.807) is 7.11 Å². The highest BCUT2D eigenvalue weighted by Gasteiger charge is 2.26. The maximum absolute atomic E-state index is 11.3. The highest BCUT2D eigenvalue weighted by atomic mass is 16.5. The molecule has 1 fully saturated rings. The van der Waals surface area contributed by atoms with Gasteiger partial charge in [0.2, 0.25) is 5.91 Å². The Balaban J connectivity index is 2.24. The van der Waals surface area contributed by atoms with E-state index in [9.17, 15) is 4.79 Å². The van der Waals surface area contributed by atoms with Crippen LogP contribution in [0.5, 0.6) is 0 Å². The third kappa shape index (κ3) is 4.08. The number of carbonyl (C=O) groups is 1. The van der Waals surface area contributed by atoms with Crippen LogP contribution in [0.25, 0.3) is 0 Å². The van der Waals surface area contributed by atoms with E-state index in [0.29, 0.717) is 6.61 Å². The number of hydrogen-bond acceptors (Lipinski definition) is 4. The summed E-state index contributed by atoms with van der Waals surface area (Å²) in [6.07, 6.45) is 3.93. The lowest BCUT2D eigenvalue weighted by atomic mass is 9.87. The Labute approximate surface area is 96.6 Å². The summed E-state index contributed by atoms with van der Waals surface area (Å²) < 4.78 is 10.8. The van der Waals surface area contributed by atoms with Gasteiger partial charge in [0.1, 0.15) is 0 Å². The van der Waals surface area contributed by atoms with Crippen molar-refractivity contribution in [1.82, 2.24) is 5.43 Å². The molecule has 0 aromatic heterocycles. The van der Waals surface area contributed by atoms with E-state index in [2.05, 4.69) is 5.43 Å². The lowest BCUT2D eigenvalue weighted by molar-refractivity contribution is -0.127. The van der Waals surface area contributed by atoms with Crippen LogP contribution in [0.3, 0.4) is 0 Å². The Bertz CT molecular complexity index is 215. The summed E-state index contributed by atoms with van der Waals surface area (Å²) in [4.78, 5) is 11.3. The van der Waals surface area contributed by atoms with Crippen LogP contribution in [0, 0.1) is 5.92 Å². The third-order valence-corrected chi connectivity index (χ3v) is 3.01. The van der Waals surface area contributed by atoms with Gasteiger partial charge < -0.3 is 9.47 Å².